The van der Waals surface area contributed by atoms with Crippen molar-refractivity contribution in [2.75, 3.05) is 31.4 Å². The molecule has 0 aliphatic rings. The number of nitrogens with one attached hydrogen (secondary N) is 2. The molecule has 2 N–H and O–H groups in total. The van der Waals surface area contributed by atoms with Crippen molar-refractivity contribution >= 4 is 27.5 Å². The lowest BCUT2D eigenvalue weighted by molar-refractivity contribution is 0.187. The molecule has 0 aromatic heterocycles. The molecule has 2 rings (SSSR count). The van der Waals surface area contributed by atoms with Crippen molar-refractivity contribution in [3.05, 3.63) is 42.5 Å². The van der Waals surface area contributed by atoms with Crippen LogP contribution in [0.4, 0.5) is 16.2 Å². The van der Waals surface area contributed by atoms with Crippen LogP contribution in [-0.2, 0) is 14.8 Å². The van der Waals surface area contributed by atoms with Gasteiger partial charge in [-0.3, -0.25) is 10.0 Å². The molecule has 1 amide bonds. The van der Waals surface area contributed by atoms with E-state index in [1.165, 1.54) is 45.6 Å². The van der Waals surface area contributed by atoms with E-state index in [-0.39, 0.29) is 10.6 Å². The summed E-state index contributed by atoms with van der Waals surface area (Å²) in [7, 11) is 0.338. The lowest BCUT2D eigenvalue weighted by Gasteiger charge is -2.13. The topological polar surface area (TPSA) is 103 Å². The highest BCUT2D eigenvalue weighted by atomic mass is 32.2. The van der Waals surface area contributed by atoms with Gasteiger partial charge in [0.15, 0.2) is 0 Å². The third-order valence-corrected chi connectivity index (χ3v) is 4.63. The molecule has 0 spiro atoms. The number of hydrogen-bond donors (Lipinski definition) is 2. The van der Waals surface area contributed by atoms with Gasteiger partial charge in [-0.2, -0.15) is 0 Å². The van der Waals surface area contributed by atoms with Crippen molar-refractivity contribution in [2.24, 2.45) is 0 Å². The SMILES string of the molecule is COC(=O)Nc1ccc(S(=O)(=O)Nc2ccc(OC)cc2OC)cc1. The van der Waals surface area contributed by atoms with Crippen LogP contribution >= 0.6 is 0 Å². The summed E-state index contributed by atoms with van der Waals surface area (Å²) in [6.07, 6.45) is -0.642. The molecule has 0 bridgehead atoms. The molecule has 134 valence electrons. The molecule has 8 nitrogen and oxygen atoms in total. The average Bonchev–Trinajstić information content (AvgIpc) is 2.62. The molecule has 0 aliphatic heterocycles. The maximum Gasteiger partial charge on any atom is 0.411 e. The van der Waals surface area contributed by atoms with Crippen LogP contribution < -0.4 is 19.5 Å². The zero-order valence-corrected chi connectivity index (χ0v) is 14.7. The minimum Gasteiger partial charge on any atom is -0.497 e. The first kappa shape index (κ1) is 18.4. The molecular weight excluding hydrogens is 348 g/mol. The number of benzene rings is 2. The monoisotopic (exact) mass is 366 g/mol. The Balaban J connectivity index is 2.23. The molecule has 9 heteroatoms. The van der Waals surface area contributed by atoms with Crippen molar-refractivity contribution in [1.29, 1.82) is 0 Å². The summed E-state index contributed by atoms with van der Waals surface area (Å²) in [5, 5.41) is 2.44. The van der Waals surface area contributed by atoms with Crippen LogP contribution in [0.5, 0.6) is 11.5 Å². The van der Waals surface area contributed by atoms with Gasteiger partial charge in [0.2, 0.25) is 0 Å². The van der Waals surface area contributed by atoms with Crippen molar-refractivity contribution in [1.82, 2.24) is 0 Å². The fourth-order valence-corrected chi connectivity index (χ4v) is 3.04. The number of carbonyl (C=O) groups excluding carboxylic acids is 1. The van der Waals surface area contributed by atoms with Gasteiger partial charge in [0.1, 0.15) is 11.5 Å². The summed E-state index contributed by atoms with van der Waals surface area (Å²) in [5.74, 6) is 0.866. The van der Waals surface area contributed by atoms with E-state index in [1.54, 1.807) is 18.2 Å². The number of rotatable bonds is 6. The predicted molar refractivity (Wildman–Crippen MR) is 92.8 cm³/mol. The number of anilines is 2. The number of amides is 1. The number of sulfonamides is 1. The van der Waals surface area contributed by atoms with E-state index >= 15 is 0 Å². The minimum absolute atomic E-state index is 0.0285. The highest BCUT2D eigenvalue weighted by molar-refractivity contribution is 7.92. The summed E-state index contributed by atoms with van der Waals surface area (Å²) >= 11 is 0. The highest BCUT2D eigenvalue weighted by Crippen LogP contribution is 2.31. The molecule has 25 heavy (non-hydrogen) atoms. The summed E-state index contributed by atoms with van der Waals surface area (Å²) in [5.41, 5.74) is 0.688. The molecule has 0 atom stereocenters. The Labute approximate surface area is 145 Å². The minimum atomic E-state index is -3.83. The molecule has 2 aromatic rings. The lowest BCUT2D eigenvalue weighted by atomic mass is 10.3. The van der Waals surface area contributed by atoms with Crippen molar-refractivity contribution < 1.29 is 27.4 Å². The fraction of sp³-hybridized carbons (Fsp3) is 0.188. The molecular formula is C16H18N2O6S. The Hall–Kier alpha value is -2.94. The summed E-state index contributed by atoms with van der Waals surface area (Å²) in [6, 6.07) is 10.4. The van der Waals surface area contributed by atoms with Crippen LogP contribution in [0.25, 0.3) is 0 Å². The molecule has 0 heterocycles. The highest BCUT2D eigenvalue weighted by Gasteiger charge is 2.17. The van der Waals surface area contributed by atoms with Crippen molar-refractivity contribution in [2.45, 2.75) is 4.90 Å². The quantitative estimate of drug-likeness (QED) is 0.815. The van der Waals surface area contributed by atoms with Gasteiger partial charge in [-0.05, 0) is 36.4 Å². The van der Waals surface area contributed by atoms with Crippen molar-refractivity contribution in [3.63, 3.8) is 0 Å². The first-order valence-electron chi connectivity index (χ1n) is 7.09. The maximum absolute atomic E-state index is 12.5. The van der Waals surface area contributed by atoms with Gasteiger partial charge in [0, 0.05) is 11.8 Å². The van der Waals surface area contributed by atoms with E-state index in [0.29, 0.717) is 17.2 Å². The largest absolute Gasteiger partial charge is 0.497 e. The predicted octanol–water partition coefficient (Wildman–Crippen LogP) is 2.68. The van der Waals surface area contributed by atoms with Crippen LogP contribution in [0.2, 0.25) is 0 Å². The number of ether oxygens (including phenoxy) is 3. The van der Waals surface area contributed by atoms with E-state index in [2.05, 4.69) is 14.8 Å². The smallest absolute Gasteiger partial charge is 0.411 e. The summed E-state index contributed by atoms with van der Waals surface area (Å²) in [4.78, 5) is 11.2. The van der Waals surface area contributed by atoms with Gasteiger partial charge in [-0.25, -0.2) is 13.2 Å². The zero-order chi connectivity index (χ0) is 18.4. The van der Waals surface area contributed by atoms with E-state index < -0.39 is 16.1 Å². The van der Waals surface area contributed by atoms with Gasteiger partial charge in [-0.15, -0.1) is 0 Å². The molecule has 0 unspecified atom stereocenters. The third-order valence-electron chi connectivity index (χ3n) is 3.25. The first-order chi connectivity index (χ1) is 11.9. The Kier molecular flexibility index (Phi) is 5.71. The molecule has 0 saturated heterocycles. The average molecular weight is 366 g/mol. The standard InChI is InChI=1S/C16H18N2O6S/c1-22-12-6-9-14(15(10-12)23-2)18-25(20,21)13-7-4-11(5-8-13)17-16(19)24-3/h4-10,18H,1-3H3,(H,17,19). The van der Waals surface area contributed by atoms with Crippen molar-refractivity contribution in [3.8, 4) is 11.5 Å². The Bertz CT molecular complexity index is 849. The second kappa shape index (κ2) is 7.75. The van der Waals surface area contributed by atoms with Gasteiger partial charge in [0.25, 0.3) is 10.0 Å². The molecule has 2 aromatic carbocycles. The maximum atomic E-state index is 12.5. The van der Waals surface area contributed by atoms with Gasteiger partial charge in [0.05, 0.1) is 31.9 Å². The Morgan fingerprint density at radius 2 is 1.64 bits per heavy atom. The molecule has 0 radical (unpaired) electrons. The normalized spacial score (nSPS) is 10.7. The van der Waals surface area contributed by atoms with Crippen LogP contribution in [0.1, 0.15) is 0 Å². The number of hydrogen-bond acceptors (Lipinski definition) is 6. The van der Waals surface area contributed by atoms with E-state index in [0.717, 1.165) is 0 Å². The number of carbonyl (C=O) groups is 1. The van der Waals surface area contributed by atoms with Gasteiger partial charge < -0.3 is 14.2 Å². The molecule has 0 saturated carbocycles. The van der Waals surface area contributed by atoms with E-state index in [4.69, 9.17) is 9.47 Å². The lowest BCUT2D eigenvalue weighted by Crippen LogP contribution is -2.14. The summed E-state index contributed by atoms with van der Waals surface area (Å²) in [6.45, 7) is 0. The van der Waals surface area contributed by atoms with Crippen LogP contribution in [0.3, 0.4) is 0 Å². The summed E-state index contributed by atoms with van der Waals surface area (Å²) < 4.78 is 42.2. The first-order valence-corrected chi connectivity index (χ1v) is 8.58. The van der Waals surface area contributed by atoms with Gasteiger partial charge >= 0.3 is 6.09 Å². The second-order valence-corrected chi connectivity index (χ2v) is 6.50. The van der Waals surface area contributed by atoms with E-state index in [9.17, 15) is 13.2 Å². The Morgan fingerprint density at radius 3 is 2.20 bits per heavy atom. The van der Waals surface area contributed by atoms with Gasteiger partial charge in [-0.1, -0.05) is 0 Å². The molecule has 0 fully saturated rings. The second-order valence-electron chi connectivity index (χ2n) is 4.81. The van der Waals surface area contributed by atoms with Crippen LogP contribution in [0.15, 0.2) is 47.4 Å². The molecule has 0 aliphatic carbocycles. The van der Waals surface area contributed by atoms with Crippen LogP contribution in [0, 0.1) is 0 Å². The number of methoxy groups -OCH3 is 3. The van der Waals surface area contributed by atoms with Crippen LogP contribution in [-0.4, -0.2) is 35.8 Å². The Morgan fingerprint density at radius 1 is 0.960 bits per heavy atom. The zero-order valence-electron chi connectivity index (χ0n) is 13.9. The third kappa shape index (κ3) is 4.54. The fourth-order valence-electron chi connectivity index (χ4n) is 1.97. The van der Waals surface area contributed by atoms with E-state index in [1.807, 2.05) is 0 Å².